The van der Waals surface area contributed by atoms with E-state index in [1.165, 1.54) is 12.8 Å². The van der Waals surface area contributed by atoms with Gasteiger partial charge in [-0.3, -0.25) is 0 Å². The highest BCUT2D eigenvalue weighted by Gasteiger charge is 2.38. The molecule has 2 fully saturated rings. The molecular weight excluding hydrogens is 244 g/mol. The summed E-state index contributed by atoms with van der Waals surface area (Å²) in [6.07, 6.45) is 4.68. The van der Waals surface area contributed by atoms with Crippen molar-refractivity contribution in [3.63, 3.8) is 0 Å². The molecule has 1 aromatic rings. The molecule has 98 valence electrons. The summed E-state index contributed by atoms with van der Waals surface area (Å²) in [5, 5.41) is 11.2. The fourth-order valence-corrected chi connectivity index (χ4v) is 3.73. The van der Waals surface area contributed by atoms with Crippen LogP contribution in [0.1, 0.15) is 38.2 Å². The Labute approximate surface area is 113 Å². The second kappa shape index (κ2) is 4.78. The number of hydrogen-bond donors (Lipinski definition) is 1. The van der Waals surface area contributed by atoms with E-state index in [-0.39, 0.29) is 5.25 Å². The van der Waals surface area contributed by atoms with E-state index in [4.69, 9.17) is 4.74 Å². The topological polar surface area (TPSA) is 29.5 Å². The predicted molar refractivity (Wildman–Crippen MR) is 75.1 cm³/mol. The molecule has 1 heterocycles. The number of rotatable bonds is 3. The van der Waals surface area contributed by atoms with Gasteiger partial charge in [0.25, 0.3) is 0 Å². The van der Waals surface area contributed by atoms with Crippen molar-refractivity contribution in [1.82, 2.24) is 0 Å². The summed E-state index contributed by atoms with van der Waals surface area (Å²) in [4.78, 5) is 0. The maximum absolute atomic E-state index is 10.9. The Morgan fingerprint density at radius 3 is 2.94 bits per heavy atom. The lowest BCUT2D eigenvalue weighted by molar-refractivity contribution is 0.0251. The van der Waals surface area contributed by atoms with Crippen LogP contribution in [-0.2, 0) is 5.60 Å². The second-order valence-electron chi connectivity index (χ2n) is 5.39. The van der Waals surface area contributed by atoms with Crippen molar-refractivity contribution in [3.8, 4) is 5.75 Å². The molecule has 2 atom stereocenters. The van der Waals surface area contributed by atoms with Crippen LogP contribution in [0, 0.1) is 0 Å². The predicted octanol–water partition coefficient (Wildman–Crippen LogP) is 3.33. The average Bonchev–Trinajstić information content (AvgIpc) is 3.17. The summed E-state index contributed by atoms with van der Waals surface area (Å²) in [6, 6.07) is 8.05. The number of aliphatic hydroxyl groups is 1. The molecule has 3 heteroatoms. The van der Waals surface area contributed by atoms with E-state index < -0.39 is 5.60 Å². The van der Waals surface area contributed by atoms with E-state index in [0.717, 1.165) is 29.9 Å². The van der Waals surface area contributed by atoms with Crippen molar-refractivity contribution >= 4 is 11.8 Å². The van der Waals surface area contributed by atoms with Crippen LogP contribution in [0.3, 0.4) is 0 Å². The highest BCUT2D eigenvalue weighted by atomic mass is 32.2. The van der Waals surface area contributed by atoms with Gasteiger partial charge in [-0.15, -0.1) is 0 Å². The lowest BCUT2D eigenvalue weighted by Gasteiger charge is -2.38. The van der Waals surface area contributed by atoms with Crippen molar-refractivity contribution < 1.29 is 9.84 Å². The normalized spacial score (nSPS) is 32.2. The van der Waals surface area contributed by atoms with Crippen LogP contribution >= 0.6 is 11.8 Å². The van der Waals surface area contributed by atoms with E-state index in [1.807, 2.05) is 36.0 Å². The summed E-state index contributed by atoms with van der Waals surface area (Å²) in [6.45, 7) is 2.12. The molecule has 2 unspecified atom stereocenters. The molecule has 1 saturated carbocycles. The van der Waals surface area contributed by atoms with Gasteiger partial charge in [0, 0.05) is 5.25 Å². The van der Waals surface area contributed by atoms with Crippen molar-refractivity contribution in [2.24, 2.45) is 0 Å². The van der Waals surface area contributed by atoms with Gasteiger partial charge in [0.1, 0.15) is 11.4 Å². The fraction of sp³-hybridized carbons (Fsp3) is 0.600. The molecule has 3 rings (SSSR count). The van der Waals surface area contributed by atoms with E-state index >= 15 is 0 Å². The number of thioether (sulfide) groups is 1. The quantitative estimate of drug-likeness (QED) is 0.908. The Balaban J connectivity index is 1.85. The minimum atomic E-state index is -0.689. The fourth-order valence-electron chi connectivity index (χ4n) is 2.54. The Kier molecular flexibility index (Phi) is 3.29. The molecule has 1 aliphatic heterocycles. The van der Waals surface area contributed by atoms with E-state index in [1.54, 1.807) is 0 Å². The zero-order chi connectivity index (χ0) is 12.6. The molecule has 2 aliphatic rings. The molecular formula is C15H20O2S. The van der Waals surface area contributed by atoms with Crippen molar-refractivity contribution in [2.45, 2.75) is 49.6 Å². The minimum absolute atomic E-state index is 0.252. The number of ether oxygens (including phenoxy) is 1. The average molecular weight is 264 g/mol. The summed E-state index contributed by atoms with van der Waals surface area (Å²) < 4.78 is 5.82. The van der Waals surface area contributed by atoms with Crippen LogP contribution < -0.4 is 4.74 Å². The van der Waals surface area contributed by atoms with Crippen LogP contribution in [0.2, 0.25) is 0 Å². The van der Waals surface area contributed by atoms with Crippen LogP contribution in [-0.4, -0.2) is 22.2 Å². The molecule has 1 saturated heterocycles. The maximum atomic E-state index is 10.9. The number of benzene rings is 1. The van der Waals surface area contributed by atoms with E-state index in [9.17, 15) is 5.11 Å². The van der Waals surface area contributed by atoms with Gasteiger partial charge in [0.2, 0.25) is 0 Å². The van der Waals surface area contributed by atoms with Crippen molar-refractivity contribution in [3.05, 3.63) is 29.8 Å². The zero-order valence-corrected chi connectivity index (χ0v) is 11.6. The third-order valence-corrected chi connectivity index (χ3v) is 5.32. The van der Waals surface area contributed by atoms with Crippen molar-refractivity contribution in [1.29, 1.82) is 0 Å². The molecule has 0 bridgehead atoms. The van der Waals surface area contributed by atoms with Crippen molar-refractivity contribution in [2.75, 3.05) is 5.75 Å². The highest BCUT2D eigenvalue weighted by molar-refractivity contribution is 8.00. The molecule has 0 radical (unpaired) electrons. The maximum Gasteiger partial charge on any atom is 0.120 e. The summed E-state index contributed by atoms with van der Waals surface area (Å²) in [7, 11) is 0. The second-order valence-corrected chi connectivity index (χ2v) is 6.83. The standard InChI is InChI=1S/C15H20O2S/c1-11-15(16,8-3-9-18-11)12-4-2-5-14(10-12)17-13-6-7-13/h2,4-5,10-11,13,16H,3,6-9H2,1H3. The largest absolute Gasteiger partial charge is 0.490 e. The lowest BCUT2D eigenvalue weighted by atomic mass is 9.86. The van der Waals surface area contributed by atoms with Gasteiger partial charge in [0.15, 0.2) is 0 Å². The smallest absolute Gasteiger partial charge is 0.120 e. The monoisotopic (exact) mass is 264 g/mol. The van der Waals surface area contributed by atoms with E-state index in [2.05, 4.69) is 6.92 Å². The first-order chi connectivity index (χ1) is 8.68. The Morgan fingerprint density at radius 1 is 1.39 bits per heavy atom. The SMILES string of the molecule is CC1SCCCC1(O)c1cccc(OC2CC2)c1. The molecule has 1 aliphatic carbocycles. The van der Waals surface area contributed by atoms with Crippen LogP contribution in [0.5, 0.6) is 5.75 Å². The summed E-state index contributed by atoms with van der Waals surface area (Å²) >= 11 is 1.86. The summed E-state index contributed by atoms with van der Waals surface area (Å²) in [5.41, 5.74) is 0.326. The first-order valence-electron chi connectivity index (χ1n) is 6.80. The molecule has 0 amide bonds. The molecule has 18 heavy (non-hydrogen) atoms. The minimum Gasteiger partial charge on any atom is -0.490 e. The molecule has 1 aromatic carbocycles. The molecule has 1 N–H and O–H groups in total. The summed E-state index contributed by atoms with van der Waals surface area (Å²) in [5.74, 6) is 2.06. The van der Waals surface area contributed by atoms with Crippen LogP contribution in [0.25, 0.3) is 0 Å². The van der Waals surface area contributed by atoms with Gasteiger partial charge in [-0.1, -0.05) is 19.1 Å². The van der Waals surface area contributed by atoms with Gasteiger partial charge in [-0.25, -0.2) is 0 Å². The molecule has 0 spiro atoms. The van der Waals surface area contributed by atoms with Gasteiger partial charge in [0.05, 0.1) is 6.10 Å². The Bertz CT molecular complexity index is 430. The van der Waals surface area contributed by atoms with E-state index in [0.29, 0.717) is 6.10 Å². The van der Waals surface area contributed by atoms with Gasteiger partial charge in [-0.2, -0.15) is 11.8 Å². The first-order valence-corrected chi connectivity index (χ1v) is 7.84. The number of hydrogen-bond acceptors (Lipinski definition) is 3. The molecule has 2 nitrogen and oxygen atoms in total. The molecule has 0 aromatic heterocycles. The Morgan fingerprint density at radius 2 is 2.22 bits per heavy atom. The van der Waals surface area contributed by atoms with Crippen LogP contribution in [0.15, 0.2) is 24.3 Å². The first kappa shape index (κ1) is 12.4. The lowest BCUT2D eigenvalue weighted by Crippen LogP contribution is -2.38. The third kappa shape index (κ3) is 2.39. The highest BCUT2D eigenvalue weighted by Crippen LogP contribution is 2.42. The zero-order valence-electron chi connectivity index (χ0n) is 10.8. The van der Waals surface area contributed by atoms with Gasteiger partial charge >= 0.3 is 0 Å². The van der Waals surface area contributed by atoms with Crippen LogP contribution in [0.4, 0.5) is 0 Å². The van der Waals surface area contributed by atoms with Gasteiger partial charge < -0.3 is 9.84 Å². The van der Waals surface area contributed by atoms with Gasteiger partial charge in [-0.05, 0) is 49.1 Å². The Hall–Kier alpha value is -0.670. The third-order valence-electron chi connectivity index (χ3n) is 3.90.